The van der Waals surface area contributed by atoms with E-state index in [4.69, 9.17) is 0 Å². The van der Waals surface area contributed by atoms with Gasteiger partial charge >= 0.3 is 5.97 Å². The number of aromatic carboxylic acids is 1. The maximum Gasteiger partial charge on any atom is 0.340 e. The Bertz CT molecular complexity index is 685. The fraction of sp³-hybridized carbons (Fsp3) is 0.353. The Hall–Kier alpha value is -1.88. The molecular weight excluding hydrogens is 296 g/mol. The molecule has 0 unspecified atom stereocenters. The number of hydrogen-bond acceptors (Lipinski definition) is 4. The van der Waals surface area contributed by atoms with Crippen LogP contribution in [0.25, 0.3) is 0 Å². The number of thioether (sulfide) groups is 1. The summed E-state index contributed by atoms with van der Waals surface area (Å²) in [5.41, 5.74) is 2.08. The maximum absolute atomic E-state index is 11.5. The molecule has 22 heavy (non-hydrogen) atoms. The van der Waals surface area contributed by atoms with Crippen LogP contribution in [0, 0.1) is 6.92 Å². The van der Waals surface area contributed by atoms with E-state index in [1.54, 1.807) is 6.92 Å². The van der Waals surface area contributed by atoms with Gasteiger partial charge in [-0.1, -0.05) is 30.3 Å². The first-order chi connectivity index (χ1) is 10.6. The van der Waals surface area contributed by atoms with Gasteiger partial charge in [-0.15, -0.1) is 11.8 Å². The minimum Gasteiger partial charge on any atom is -0.478 e. The molecule has 0 amide bonds. The second-order valence-corrected chi connectivity index (χ2v) is 6.59. The lowest BCUT2D eigenvalue weighted by Gasteiger charge is -2.10. The van der Waals surface area contributed by atoms with Crippen LogP contribution in [0.3, 0.4) is 0 Å². The molecule has 1 N–H and O–H groups in total. The van der Waals surface area contributed by atoms with Gasteiger partial charge in [0.1, 0.15) is 16.4 Å². The van der Waals surface area contributed by atoms with E-state index in [2.05, 4.69) is 22.1 Å². The lowest BCUT2D eigenvalue weighted by Crippen LogP contribution is -2.09. The van der Waals surface area contributed by atoms with E-state index in [0.717, 1.165) is 30.8 Å². The molecule has 0 radical (unpaired) electrons. The SMILES string of the molecule is Cc1nc(C2CC2)nc(SCCc2ccccc2)c1C(=O)O. The van der Waals surface area contributed by atoms with E-state index in [0.29, 0.717) is 16.6 Å². The number of aryl methyl sites for hydroxylation is 2. The Balaban J connectivity index is 1.77. The maximum atomic E-state index is 11.5. The number of benzene rings is 1. The molecule has 1 aliphatic carbocycles. The van der Waals surface area contributed by atoms with Crippen molar-refractivity contribution in [2.24, 2.45) is 0 Å². The van der Waals surface area contributed by atoms with Crippen molar-refractivity contribution in [3.8, 4) is 0 Å². The molecule has 3 rings (SSSR count). The molecule has 0 saturated heterocycles. The zero-order valence-corrected chi connectivity index (χ0v) is 13.3. The summed E-state index contributed by atoms with van der Waals surface area (Å²) in [6, 6.07) is 10.2. The fourth-order valence-corrected chi connectivity index (χ4v) is 3.42. The van der Waals surface area contributed by atoms with Gasteiger partial charge in [0.15, 0.2) is 0 Å². The molecule has 5 heteroatoms. The van der Waals surface area contributed by atoms with Gasteiger partial charge in [-0.05, 0) is 31.7 Å². The number of hydrogen-bond donors (Lipinski definition) is 1. The van der Waals surface area contributed by atoms with Gasteiger partial charge in [-0.2, -0.15) is 0 Å². The number of nitrogens with zero attached hydrogens (tertiary/aromatic N) is 2. The molecule has 114 valence electrons. The quantitative estimate of drug-likeness (QED) is 0.650. The van der Waals surface area contributed by atoms with Crippen LogP contribution in [0.15, 0.2) is 35.4 Å². The summed E-state index contributed by atoms with van der Waals surface area (Å²) in [4.78, 5) is 20.4. The van der Waals surface area contributed by atoms with Crippen molar-refractivity contribution in [2.75, 3.05) is 5.75 Å². The van der Waals surface area contributed by atoms with Crippen LogP contribution < -0.4 is 0 Å². The minimum absolute atomic E-state index is 0.252. The van der Waals surface area contributed by atoms with Gasteiger partial charge in [0.25, 0.3) is 0 Å². The Morgan fingerprint density at radius 2 is 2.00 bits per heavy atom. The molecule has 1 saturated carbocycles. The highest BCUT2D eigenvalue weighted by molar-refractivity contribution is 7.99. The third kappa shape index (κ3) is 3.47. The molecule has 1 heterocycles. The first-order valence-electron chi connectivity index (χ1n) is 7.43. The van der Waals surface area contributed by atoms with Crippen LogP contribution in [0.5, 0.6) is 0 Å². The van der Waals surface area contributed by atoms with Gasteiger partial charge in [-0.3, -0.25) is 0 Å². The highest BCUT2D eigenvalue weighted by Crippen LogP contribution is 2.39. The molecule has 0 aliphatic heterocycles. The lowest BCUT2D eigenvalue weighted by atomic mass is 10.2. The second kappa shape index (κ2) is 6.48. The van der Waals surface area contributed by atoms with E-state index >= 15 is 0 Å². The van der Waals surface area contributed by atoms with E-state index in [1.165, 1.54) is 17.3 Å². The molecule has 1 aromatic heterocycles. The van der Waals surface area contributed by atoms with Crippen LogP contribution >= 0.6 is 11.8 Å². The first kappa shape index (κ1) is 15.0. The highest BCUT2D eigenvalue weighted by Gasteiger charge is 2.29. The van der Waals surface area contributed by atoms with Crippen LogP contribution in [-0.4, -0.2) is 26.8 Å². The predicted molar refractivity (Wildman–Crippen MR) is 86.6 cm³/mol. The van der Waals surface area contributed by atoms with Crippen LogP contribution in [0.1, 0.15) is 46.2 Å². The second-order valence-electron chi connectivity index (χ2n) is 5.51. The lowest BCUT2D eigenvalue weighted by molar-refractivity contribution is 0.0690. The summed E-state index contributed by atoms with van der Waals surface area (Å²) in [6.45, 7) is 1.76. The van der Waals surface area contributed by atoms with E-state index in [1.807, 2.05) is 18.2 Å². The monoisotopic (exact) mass is 314 g/mol. The van der Waals surface area contributed by atoms with Crippen molar-refractivity contribution >= 4 is 17.7 Å². The number of carboxylic acids is 1. The normalized spacial score (nSPS) is 14.0. The topological polar surface area (TPSA) is 63.1 Å². The average Bonchev–Trinajstić information content (AvgIpc) is 3.32. The van der Waals surface area contributed by atoms with Gasteiger partial charge in [0.2, 0.25) is 0 Å². The third-order valence-corrected chi connectivity index (χ3v) is 4.68. The molecule has 2 aromatic rings. The molecule has 4 nitrogen and oxygen atoms in total. The summed E-state index contributed by atoms with van der Waals surface area (Å²) < 4.78 is 0. The van der Waals surface area contributed by atoms with E-state index in [9.17, 15) is 9.90 Å². The smallest absolute Gasteiger partial charge is 0.340 e. The molecule has 0 atom stereocenters. The summed E-state index contributed by atoms with van der Waals surface area (Å²) in [5, 5.41) is 10.0. The van der Waals surface area contributed by atoms with Crippen molar-refractivity contribution in [1.29, 1.82) is 0 Å². The van der Waals surface area contributed by atoms with Gasteiger partial charge < -0.3 is 5.11 Å². The Labute approximate surface area is 134 Å². The average molecular weight is 314 g/mol. The fourth-order valence-electron chi connectivity index (χ4n) is 2.35. The largest absolute Gasteiger partial charge is 0.478 e. The van der Waals surface area contributed by atoms with E-state index in [-0.39, 0.29) is 5.56 Å². The Kier molecular flexibility index (Phi) is 4.43. The standard InChI is InChI=1S/C17H18N2O2S/c1-11-14(17(20)21)16(19-15(18-11)13-7-8-13)22-10-9-12-5-3-2-4-6-12/h2-6,13H,7-10H2,1H3,(H,20,21). The van der Waals surface area contributed by atoms with E-state index < -0.39 is 5.97 Å². The summed E-state index contributed by atoms with van der Waals surface area (Å²) >= 11 is 1.51. The van der Waals surface area contributed by atoms with Gasteiger partial charge in [0, 0.05) is 11.7 Å². The van der Waals surface area contributed by atoms with Crippen molar-refractivity contribution in [3.05, 3.63) is 53.0 Å². The number of rotatable bonds is 6. The highest BCUT2D eigenvalue weighted by atomic mass is 32.2. The zero-order valence-electron chi connectivity index (χ0n) is 12.5. The van der Waals surface area contributed by atoms with Gasteiger partial charge in [-0.25, -0.2) is 14.8 Å². The molecule has 1 fully saturated rings. The molecule has 0 spiro atoms. The Morgan fingerprint density at radius 1 is 1.27 bits per heavy atom. The van der Waals surface area contributed by atoms with Crippen molar-refractivity contribution in [1.82, 2.24) is 9.97 Å². The summed E-state index contributed by atoms with van der Waals surface area (Å²) in [5.74, 6) is 1.10. The summed E-state index contributed by atoms with van der Waals surface area (Å²) in [6.07, 6.45) is 3.12. The van der Waals surface area contributed by atoms with Gasteiger partial charge in [0.05, 0.1) is 5.69 Å². The molecular formula is C17H18N2O2S. The molecule has 0 bridgehead atoms. The predicted octanol–water partition coefficient (Wildman–Crippen LogP) is 3.70. The molecule has 1 aromatic carbocycles. The summed E-state index contributed by atoms with van der Waals surface area (Å²) in [7, 11) is 0. The molecule has 1 aliphatic rings. The Morgan fingerprint density at radius 3 is 2.64 bits per heavy atom. The van der Waals surface area contributed by atoms with Crippen LogP contribution in [-0.2, 0) is 6.42 Å². The van der Waals surface area contributed by atoms with Crippen LogP contribution in [0.4, 0.5) is 0 Å². The van der Waals surface area contributed by atoms with Crippen molar-refractivity contribution < 1.29 is 9.90 Å². The zero-order chi connectivity index (χ0) is 15.5. The number of carbonyl (C=O) groups is 1. The van der Waals surface area contributed by atoms with Crippen molar-refractivity contribution in [3.63, 3.8) is 0 Å². The first-order valence-corrected chi connectivity index (χ1v) is 8.42. The number of carboxylic acid groups (broad SMARTS) is 1. The number of aromatic nitrogens is 2. The van der Waals surface area contributed by atoms with Crippen molar-refractivity contribution in [2.45, 2.75) is 37.1 Å². The van der Waals surface area contributed by atoms with Crippen LogP contribution in [0.2, 0.25) is 0 Å². The minimum atomic E-state index is -0.943. The third-order valence-electron chi connectivity index (χ3n) is 3.70.